The van der Waals surface area contributed by atoms with E-state index in [0.29, 0.717) is 23.9 Å². The first-order valence-electron chi connectivity index (χ1n) is 38.9. The summed E-state index contributed by atoms with van der Waals surface area (Å²) in [6, 6.07) is -0.760. The highest BCUT2D eigenvalue weighted by atomic mass is 31.2. The first kappa shape index (κ1) is 85.7. The van der Waals surface area contributed by atoms with Crippen molar-refractivity contribution in [1.82, 2.24) is 5.32 Å². The Kier molecular flexibility index (Phi) is 68.1. The summed E-state index contributed by atoms with van der Waals surface area (Å²) in [5.74, 6) is -0.134. The van der Waals surface area contributed by atoms with Crippen molar-refractivity contribution in [3.63, 3.8) is 0 Å². The van der Waals surface area contributed by atoms with Crippen LogP contribution in [0.5, 0.6) is 0 Å². The Morgan fingerprint density at radius 1 is 0.391 bits per heavy atom. The molecule has 0 saturated heterocycles. The fourth-order valence-corrected chi connectivity index (χ4v) is 12.9. The van der Waals surface area contributed by atoms with E-state index in [0.717, 1.165) is 51.4 Å². The van der Waals surface area contributed by atoms with E-state index in [1.165, 1.54) is 327 Å². The molecule has 87 heavy (non-hydrogen) atoms. The monoisotopic (exact) mass is 1250 g/mol. The molecule has 0 fully saturated rings. The van der Waals surface area contributed by atoms with Crippen molar-refractivity contribution in [2.24, 2.45) is 0 Å². The van der Waals surface area contributed by atoms with Crippen LogP contribution < -0.4 is 5.32 Å². The topological polar surface area (TPSA) is 105 Å². The molecule has 0 bridgehead atoms. The van der Waals surface area contributed by atoms with E-state index in [9.17, 15) is 19.4 Å². The van der Waals surface area contributed by atoms with E-state index >= 15 is 0 Å². The number of amides is 1. The summed E-state index contributed by atoms with van der Waals surface area (Å²) >= 11 is 0. The van der Waals surface area contributed by atoms with Crippen LogP contribution in [0.2, 0.25) is 0 Å². The number of nitrogens with one attached hydrogen (secondary N) is 1. The maximum Gasteiger partial charge on any atom is 0.472 e. The molecule has 0 heterocycles. The second-order valence-corrected chi connectivity index (χ2v) is 29.5. The van der Waals surface area contributed by atoms with Gasteiger partial charge < -0.3 is 19.8 Å². The third-order valence-electron chi connectivity index (χ3n) is 18.1. The van der Waals surface area contributed by atoms with Gasteiger partial charge in [0.2, 0.25) is 5.91 Å². The zero-order valence-electron chi connectivity index (χ0n) is 59.3. The Morgan fingerprint density at radius 2 is 0.655 bits per heavy atom. The van der Waals surface area contributed by atoms with Gasteiger partial charge in [-0.15, -0.1) is 0 Å². The average Bonchev–Trinajstić information content (AvgIpc) is 3.71. The summed E-state index contributed by atoms with van der Waals surface area (Å²) in [7, 11) is 1.64. The lowest BCUT2D eigenvalue weighted by Crippen LogP contribution is -2.46. The number of allylic oxidation sites excluding steroid dienone is 6. The number of hydrogen-bond donors (Lipinski definition) is 3. The summed E-state index contributed by atoms with van der Waals surface area (Å²) in [4.78, 5) is 23.5. The lowest BCUT2D eigenvalue weighted by molar-refractivity contribution is -0.870. The number of aliphatic hydroxyl groups excluding tert-OH is 1. The highest BCUT2D eigenvalue weighted by molar-refractivity contribution is 7.47. The van der Waals surface area contributed by atoms with E-state index in [1.54, 1.807) is 0 Å². The van der Waals surface area contributed by atoms with Crippen molar-refractivity contribution < 1.29 is 32.9 Å². The standard InChI is InChI=1S/C78H153N2O6P/c1-6-8-10-12-14-16-18-20-22-24-26-28-30-32-33-34-35-36-37-38-39-40-41-42-43-44-45-46-47-48-50-52-54-56-58-60-62-64-66-68-70-72-78(82)79-76(75-86-87(83,84)85-74-73-80(3,4)5)77(81)71-69-67-65-63-61-59-57-55-53-51-49-31-29-27-25-23-21-19-17-15-13-11-9-7-2/h18,20,24,26,30,32,76-77,81H,6-17,19,21-23,25,27-29,31,33-75H2,1-5H3,(H-,79,82,83,84)/p+1/b20-18-,26-24-,32-30-. The van der Waals surface area contributed by atoms with Gasteiger partial charge in [-0.1, -0.05) is 384 Å². The van der Waals surface area contributed by atoms with Gasteiger partial charge in [0.25, 0.3) is 0 Å². The number of hydrogen-bond acceptors (Lipinski definition) is 5. The lowest BCUT2D eigenvalue weighted by atomic mass is 10.0. The number of nitrogens with zero attached hydrogens (tertiary/aromatic N) is 1. The molecule has 0 aliphatic rings. The number of aliphatic hydroxyl groups is 1. The molecule has 0 saturated carbocycles. The number of carbonyl (C=O) groups excluding carboxylic acids is 1. The first-order chi connectivity index (χ1) is 42.5. The molecule has 0 aromatic carbocycles. The summed E-state index contributed by atoms with van der Waals surface area (Å²) < 4.78 is 23.9. The van der Waals surface area contributed by atoms with Crippen molar-refractivity contribution in [3.05, 3.63) is 36.5 Å². The molecule has 3 unspecified atom stereocenters. The summed E-state index contributed by atoms with van der Waals surface area (Å²) in [6.45, 7) is 4.94. The molecule has 3 atom stereocenters. The molecule has 516 valence electrons. The van der Waals surface area contributed by atoms with Gasteiger partial charge in [-0.25, -0.2) is 4.57 Å². The second-order valence-electron chi connectivity index (χ2n) is 28.1. The molecular formula is C78H154N2O6P+. The second kappa shape index (κ2) is 69.1. The normalized spacial score (nSPS) is 13.7. The third-order valence-corrected chi connectivity index (χ3v) is 19.1. The zero-order valence-corrected chi connectivity index (χ0v) is 60.2. The van der Waals surface area contributed by atoms with Crippen molar-refractivity contribution in [1.29, 1.82) is 0 Å². The van der Waals surface area contributed by atoms with E-state index in [1.807, 2.05) is 21.1 Å². The molecule has 0 aromatic rings. The molecule has 0 rings (SSSR count). The number of carbonyl (C=O) groups is 1. The van der Waals surface area contributed by atoms with Gasteiger partial charge in [0, 0.05) is 6.42 Å². The SMILES string of the molecule is CCCCCCC/C=C\C/C=C\C/C=C\CCCCCCCCCCCCCCCCCCCCCCCCCCCCC(=O)NC(COP(=O)(O)OCC[N+](C)(C)C)C(O)CCCCCCCCCCCCCCCCCCCCCCCCCC. The Morgan fingerprint density at radius 3 is 0.954 bits per heavy atom. The van der Waals surface area contributed by atoms with Crippen molar-refractivity contribution >= 4 is 13.7 Å². The molecule has 0 aromatic heterocycles. The molecule has 9 heteroatoms. The summed E-state index contributed by atoms with van der Waals surface area (Å²) in [6.07, 6.45) is 92.8. The van der Waals surface area contributed by atoms with Crippen LogP contribution >= 0.6 is 7.82 Å². The van der Waals surface area contributed by atoms with Crippen LogP contribution in [0.3, 0.4) is 0 Å². The Bertz CT molecular complexity index is 1510. The molecule has 8 nitrogen and oxygen atoms in total. The maximum absolute atomic E-state index is 13.1. The van der Waals surface area contributed by atoms with Gasteiger partial charge in [-0.3, -0.25) is 13.8 Å². The summed E-state index contributed by atoms with van der Waals surface area (Å²) in [5.41, 5.74) is 0. The average molecular weight is 1250 g/mol. The van der Waals surface area contributed by atoms with Crippen LogP contribution in [-0.2, 0) is 18.4 Å². The van der Waals surface area contributed by atoms with E-state index in [2.05, 4.69) is 55.6 Å². The van der Waals surface area contributed by atoms with Gasteiger partial charge in [0.15, 0.2) is 0 Å². The minimum atomic E-state index is -4.33. The smallest absolute Gasteiger partial charge is 0.391 e. The predicted molar refractivity (Wildman–Crippen MR) is 383 cm³/mol. The molecule has 0 spiro atoms. The molecule has 3 N–H and O–H groups in total. The Labute approximate surface area is 544 Å². The number of likely N-dealkylation sites (N-methyl/N-ethyl adjacent to an activating group) is 1. The van der Waals surface area contributed by atoms with Gasteiger partial charge >= 0.3 is 7.82 Å². The Balaban J connectivity index is 3.88. The van der Waals surface area contributed by atoms with Crippen LogP contribution in [0.4, 0.5) is 0 Å². The number of rotatable bonds is 73. The third kappa shape index (κ3) is 72.0. The van der Waals surface area contributed by atoms with Crippen LogP contribution in [0.15, 0.2) is 36.5 Å². The minimum Gasteiger partial charge on any atom is -0.391 e. The molecule has 0 aliphatic heterocycles. The van der Waals surface area contributed by atoms with Crippen LogP contribution in [0.1, 0.15) is 406 Å². The van der Waals surface area contributed by atoms with E-state index in [-0.39, 0.29) is 19.1 Å². The van der Waals surface area contributed by atoms with Gasteiger partial charge in [-0.2, -0.15) is 0 Å². The van der Waals surface area contributed by atoms with Crippen molar-refractivity contribution in [2.45, 2.75) is 418 Å². The lowest BCUT2D eigenvalue weighted by Gasteiger charge is -2.26. The first-order valence-corrected chi connectivity index (χ1v) is 40.3. The highest BCUT2D eigenvalue weighted by Gasteiger charge is 2.28. The van der Waals surface area contributed by atoms with Crippen molar-refractivity contribution in [3.8, 4) is 0 Å². The van der Waals surface area contributed by atoms with Crippen molar-refractivity contribution in [2.75, 3.05) is 40.9 Å². The van der Waals surface area contributed by atoms with E-state index < -0.39 is 20.0 Å². The summed E-state index contributed by atoms with van der Waals surface area (Å²) in [5, 5.41) is 14.2. The maximum atomic E-state index is 13.1. The Hall–Kier alpha value is -1.28. The van der Waals surface area contributed by atoms with Crippen LogP contribution in [-0.4, -0.2) is 73.4 Å². The number of unbranched alkanes of at least 4 members (excludes halogenated alkanes) is 54. The van der Waals surface area contributed by atoms with Crippen LogP contribution in [0, 0.1) is 0 Å². The quantitative estimate of drug-likeness (QED) is 0.0243. The zero-order chi connectivity index (χ0) is 63.4. The number of phosphoric ester groups is 1. The molecule has 1 amide bonds. The minimum absolute atomic E-state index is 0.0777. The van der Waals surface area contributed by atoms with Crippen LogP contribution in [0.25, 0.3) is 0 Å². The largest absolute Gasteiger partial charge is 0.472 e. The molecule has 0 aliphatic carbocycles. The number of quaternary nitrogens is 1. The fourth-order valence-electron chi connectivity index (χ4n) is 12.1. The fraction of sp³-hybridized carbons (Fsp3) is 0.910. The highest BCUT2D eigenvalue weighted by Crippen LogP contribution is 2.43. The predicted octanol–water partition coefficient (Wildman–Crippen LogP) is 25.2. The number of phosphoric acid groups is 1. The van der Waals surface area contributed by atoms with Gasteiger partial charge in [0.05, 0.1) is 39.9 Å². The van der Waals surface area contributed by atoms with Gasteiger partial charge in [-0.05, 0) is 51.4 Å². The van der Waals surface area contributed by atoms with E-state index in [4.69, 9.17) is 9.05 Å². The molecule has 0 radical (unpaired) electrons. The van der Waals surface area contributed by atoms with Gasteiger partial charge in [0.1, 0.15) is 13.2 Å². The molecular weight excluding hydrogens is 1090 g/mol.